The average molecular weight is 329 g/mol. The number of benzene rings is 1. The van der Waals surface area contributed by atoms with Gasteiger partial charge in [0, 0.05) is 18.5 Å². The Bertz CT molecular complexity index is 609. The Morgan fingerprint density at radius 3 is 2.29 bits per heavy atom. The van der Waals surface area contributed by atoms with E-state index in [0.717, 1.165) is 12.0 Å². The average Bonchev–Trinajstić information content (AvgIpc) is 2.53. The number of nitrogens with one attached hydrogen (secondary N) is 1. The molecule has 24 heavy (non-hydrogen) atoms. The maximum atomic E-state index is 12.7. The van der Waals surface area contributed by atoms with Gasteiger partial charge >= 0.3 is 0 Å². The highest BCUT2D eigenvalue weighted by molar-refractivity contribution is 5.89. The second-order valence-corrected chi connectivity index (χ2v) is 7.01. The maximum Gasteiger partial charge on any atom is 0.245 e. The second-order valence-electron chi connectivity index (χ2n) is 7.01. The van der Waals surface area contributed by atoms with E-state index in [9.17, 15) is 9.59 Å². The summed E-state index contributed by atoms with van der Waals surface area (Å²) in [5.41, 5.74) is 1.03. The van der Waals surface area contributed by atoms with E-state index in [-0.39, 0.29) is 11.8 Å². The number of nitrogens with zero attached hydrogens (tertiary/aromatic N) is 2. The summed E-state index contributed by atoms with van der Waals surface area (Å²) in [5, 5.41) is 11.6. The predicted octanol–water partition coefficient (Wildman–Crippen LogP) is 2.85. The van der Waals surface area contributed by atoms with Crippen molar-refractivity contribution in [1.82, 2.24) is 10.2 Å². The smallest absolute Gasteiger partial charge is 0.245 e. The molecule has 0 saturated carbocycles. The molecule has 0 radical (unpaired) electrons. The SMILES string of the molecule is CCCN(Cc1ccc(C#N)cc1)C(=O)C(C)NC(=O)C(C)(C)C. The van der Waals surface area contributed by atoms with Gasteiger partial charge in [0.1, 0.15) is 6.04 Å². The Labute approximate surface area is 144 Å². The molecule has 5 heteroatoms. The number of amides is 2. The monoisotopic (exact) mass is 329 g/mol. The van der Waals surface area contributed by atoms with Crippen molar-refractivity contribution in [1.29, 1.82) is 5.26 Å². The van der Waals surface area contributed by atoms with Gasteiger partial charge in [0.15, 0.2) is 0 Å². The number of nitriles is 1. The summed E-state index contributed by atoms with van der Waals surface area (Å²) in [6.07, 6.45) is 0.835. The van der Waals surface area contributed by atoms with Crippen LogP contribution in [0.1, 0.15) is 52.2 Å². The zero-order chi connectivity index (χ0) is 18.3. The van der Waals surface area contributed by atoms with Gasteiger partial charge in [-0.3, -0.25) is 9.59 Å². The Kier molecular flexibility index (Phi) is 6.97. The van der Waals surface area contributed by atoms with Crippen molar-refractivity contribution in [2.24, 2.45) is 5.41 Å². The van der Waals surface area contributed by atoms with E-state index in [1.165, 1.54) is 0 Å². The van der Waals surface area contributed by atoms with E-state index in [4.69, 9.17) is 5.26 Å². The standard InChI is InChI=1S/C19H27N3O2/c1-6-11-22(13-16-9-7-15(12-20)8-10-16)17(23)14(2)21-18(24)19(3,4)5/h7-10,14H,6,11,13H2,1-5H3,(H,21,24). The van der Waals surface area contributed by atoms with Gasteiger partial charge in [0.25, 0.3) is 0 Å². The molecule has 1 aromatic carbocycles. The van der Waals surface area contributed by atoms with E-state index in [2.05, 4.69) is 11.4 Å². The highest BCUT2D eigenvalue weighted by atomic mass is 16.2. The van der Waals surface area contributed by atoms with E-state index >= 15 is 0 Å². The summed E-state index contributed by atoms with van der Waals surface area (Å²) in [4.78, 5) is 26.5. The Balaban J connectivity index is 2.80. The van der Waals surface area contributed by atoms with Crippen LogP contribution in [0.3, 0.4) is 0 Å². The molecule has 2 amide bonds. The number of hydrogen-bond acceptors (Lipinski definition) is 3. The van der Waals surface area contributed by atoms with E-state index < -0.39 is 11.5 Å². The minimum atomic E-state index is -0.568. The molecule has 0 saturated heterocycles. The Morgan fingerprint density at radius 2 is 1.83 bits per heavy atom. The largest absolute Gasteiger partial charge is 0.344 e. The molecule has 0 aromatic heterocycles. The van der Waals surface area contributed by atoms with Crippen LogP contribution in [0, 0.1) is 16.7 Å². The summed E-state index contributed by atoms with van der Waals surface area (Å²) in [6.45, 7) is 10.3. The second kappa shape index (κ2) is 8.49. The molecule has 1 atom stereocenters. The highest BCUT2D eigenvalue weighted by Gasteiger charge is 2.27. The van der Waals surface area contributed by atoms with Gasteiger partial charge in [0.05, 0.1) is 11.6 Å². The predicted molar refractivity (Wildman–Crippen MR) is 93.9 cm³/mol. The van der Waals surface area contributed by atoms with Crippen molar-refractivity contribution >= 4 is 11.8 Å². The van der Waals surface area contributed by atoms with Gasteiger partial charge in [0.2, 0.25) is 11.8 Å². The zero-order valence-electron chi connectivity index (χ0n) is 15.2. The molecule has 0 fully saturated rings. The van der Waals surface area contributed by atoms with Crippen LogP contribution < -0.4 is 5.32 Å². The quantitative estimate of drug-likeness (QED) is 0.872. The molecule has 1 unspecified atom stereocenters. The van der Waals surface area contributed by atoms with Crippen molar-refractivity contribution in [3.8, 4) is 6.07 Å². The Hall–Kier alpha value is -2.35. The van der Waals surface area contributed by atoms with Gasteiger partial charge in [-0.2, -0.15) is 5.26 Å². The van der Waals surface area contributed by atoms with Gasteiger partial charge < -0.3 is 10.2 Å². The lowest BCUT2D eigenvalue weighted by molar-refractivity contribution is -0.138. The van der Waals surface area contributed by atoms with Crippen molar-refractivity contribution in [2.45, 2.75) is 53.6 Å². The fraction of sp³-hybridized carbons (Fsp3) is 0.526. The van der Waals surface area contributed by atoms with Gasteiger partial charge in [-0.05, 0) is 31.0 Å². The molecule has 0 aliphatic heterocycles. The van der Waals surface area contributed by atoms with E-state index in [1.54, 1.807) is 24.0 Å². The first-order valence-electron chi connectivity index (χ1n) is 8.27. The van der Waals surface area contributed by atoms with Crippen molar-refractivity contribution in [2.75, 3.05) is 6.54 Å². The maximum absolute atomic E-state index is 12.7. The van der Waals surface area contributed by atoms with Crippen molar-refractivity contribution < 1.29 is 9.59 Å². The highest BCUT2D eigenvalue weighted by Crippen LogP contribution is 2.14. The van der Waals surface area contributed by atoms with Crippen LogP contribution in [0.5, 0.6) is 0 Å². The molecule has 0 aliphatic rings. The molecule has 0 bridgehead atoms. The fourth-order valence-electron chi connectivity index (χ4n) is 2.19. The summed E-state index contributed by atoms with van der Waals surface area (Å²) in [7, 11) is 0. The molecular weight excluding hydrogens is 302 g/mol. The third-order valence-corrected chi connectivity index (χ3v) is 3.66. The molecule has 0 spiro atoms. The fourth-order valence-corrected chi connectivity index (χ4v) is 2.19. The zero-order valence-corrected chi connectivity index (χ0v) is 15.2. The summed E-state index contributed by atoms with van der Waals surface area (Å²) >= 11 is 0. The minimum absolute atomic E-state index is 0.0983. The molecule has 5 nitrogen and oxygen atoms in total. The van der Waals surface area contributed by atoms with E-state index in [1.807, 2.05) is 39.8 Å². The molecule has 0 aliphatic carbocycles. The lowest BCUT2D eigenvalue weighted by atomic mass is 9.95. The molecular formula is C19H27N3O2. The van der Waals surface area contributed by atoms with Gasteiger partial charge in [-0.15, -0.1) is 0 Å². The minimum Gasteiger partial charge on any atom is -0.344 e. The van der Waals surface area contributed by atoms with Crippen LogP contribution in [-0.4, -0.2) is 29.3 Å². The van der Waals surface area contributed by atoms with Crippen LogP contribution >= 0.6 is 0 Å². The lowest BCUT2D eigenvalue weighted by Gasteiger charge is -2.28. The van der Waals surface area contributed by atoms with Gasteiger partial charge in [-0.1, -0.05) is 39.8 Å². The number of rotatable bonds is 6. The van der Waals surface area contributed by atoms with Crippen LogP contribution in [0.4, 0.5) is 0 Å². The third-order valence-electron chi connectivity index (χ3n) is 3.66. The van der Waals surface area contributed by atoms with Crippen LogP contribution in [0.15, 0.2) is 24.3 Å². The molecule has 130 valence electrons. The number of carbonyl (C=O) groups excluding carboxylic acids is 2. The normalized spacial score (nSPS) is 12.2. The van der Waals surface area contributed by atoms with Crippen molar-refractivity contribution in [3.63, 3.8) is 0 Å². The summed E-state index contributed by atoms with van der Waals surface area (Å²) in [6, 6.07) is 8.71. The molecule has 0 heterocycles. The van der Waals surface area contributed by atoms with Gasteiger partial charge in [-0.25, -0.2) is 0 Å². The van der Waals surface area contributed by atoms with Crippen LogP contribution in [0.25, 0.3) is 0 Å². The number of hydrogen-bond donors (Lipinski definition) is 1. The van der Waals surface area contributed by atoms with E-state index in [0.29, 0.717) is 18.7 Å². The lowest BCUT2D eigenvalue weighted by Crippen LogP contribution is -2.49. The molecule has 1 rings (SSSR count). The molecule has 1 aromatic rings. The number of carbonyl (C=O) groups is 2. The topological polar surface area (TPSA) is 73.2 Å². The van der Waals surface area contributed by atoms with Crippen LogP contribution in [0.2, 0.25) is 0 Å². The molecule has 1 N–H and O–H groups in total. The van der Waals surface area contributed by atoms with Crippen LogP contribution in [-0.2, 0) is 16.1 Å². The first-order valence-corrected chi connectivity index (χ1v) is 8.27. The summed E-state index contributed by atoms with van der Waals surface area (Å²) < 4.78 is 0. The van der Waals surface area contributed by atoms with Crippen molar-refractivity contribution in [3.05, 3.63) is 35.4 Å². The Morgan fingerprint density at radius 1 is 1.25 bits per heavy atom. The first kappa shape index (κ1) is 19.7. The first-order chi connectivity index (χ1) is 11.2. The third kappa shape index (κ3) is 5.69. The summed E-state index contributed by atoms with van der Waals surface area (Å²) in [5.74, 6) is -0.239.